The number of imide groups is 1. The maximum absolute atomic E-state index is 12.8. The first kappa shape index (κ1) is 25.6. The molecule has 0 saturated carbocycles. The second-order valence-corrected chi connectivity index (χ2v) is 11.3. The van der Waals surface area contributed by atoms with Crippen LogP contribution in [0.1, 0.15) is 16.7 Å². The van der Waals surface area contributed by atoms with Gasteiger partial charge in [-0.15, -0.1) is 0 Å². The SMILES string of the molecule is Cc1ccc(S(=O)(=O)Oc2c(Cl)cc(/C=C3\SC(=O)N(Cc4ccccc4Cl)C3=O)cc2Cl)cc1. The molecule has 1 saturated heterocycles. The largest absolute Gasteiger partial charge is 0.376 e. The van der Waals surface area contributed by atoms with Crippen LogP contribution >= 0.6 is 46.6 Å². The summed E-state index contributed by atoms with van der Waals surface area (Å²) in [6, 6.07) is 15.8. The molecule has 0 N–H and O–H groups in total. The fraction of sp³-hybridized carbons (Fsp3) is 0.0833. The highest BCUT2D eigenvalue weighted by atomic mass is 35.5. The highest BCUT2D eigenvalue weighted by molar-refractivity contribution is 8.18. The molecule has 1 fully saturated rings. The van der Waals surface area contributed by atoms with E-state index in [4.69, 9.17) is 39.0 Å². The molecule has 4 rings (SSSR count). The Balaban J connectivity index is 1.57. The van der Waals surface area contributed by atoms with Crippen molar-refractivity contribution in [1.82, 2.24) is 4.90 Å². The lowest BCUT2D eigenvalue weighted by Crippen LogP contribution is -2.27. The Morgan fingerprint density at radius 3 is 2.20 bits per heavy atom. The standard InChI is InChI=1S/C24H16Cl3NO5S2/c1-14-6-8-17(9-7-14)35(31,32)33-22-19(26)10-15(11-20(22)27)12-21-23(29)28(24(30)34-21)13-16-4-2-3-5-18(16)25/h2-12H,13H2,1H3/b21-12-. The number of halogens is 3. The van der Waals surface area contributed by atoms with Gasteiger partial charge in [-0.1, -0.05) is 70.7 Å². The second kappa shape index (κ2) is 10.2. The third-order valence-corrected chi connectivity index (χ3v) is 8.05. The molecule has 11 heteroatoms. The van der Waals surface area contributed by atoms with Crippen LogP contribution in [0.25, 0.3) is 6.08 Å². The Morgan fingerprint density at radius 1 is 0.943 bits per heavy atom. The van der Waals surface area contributed by atoms with E-state index in [9.17, 15) is 18.0 Å². The van der Waals surface area contributed by atoms with E-state index in [2.05, 4.69) is 0 Å². The summed E-state index contributed by atoms with van der Waals surface area (Å²) < 4.78 is 30.4. The smallest absolute Gasteiger partial charge is 0.339 e. The summed E-state index contributed by atoms with van der Waals surface area (Å²) in [5, 5.41) is -0.141. The van der Waals surface area contributed by atoms with Gasteiger partial charge in [0.15, 0.2) is 5.75 Å². The number of hydrogen-bond donors (Lipinski definition) is 0. The molecule has 35 heavy (non-hydrogen) atoms. The van der Waals surface area contributed by atoms with E-state index < -0.39 is 21.3 Å². The van der Waals surface area contributed by atoms with Crippen LogP contribution in [-0.4, -0.2) is 24.5 Å². The van der Waals surface area contributed by atoms with Gasteiger partial charge in [-0.3, -0.25) is 14.5 Å². The van der Waals surface area contributed by atoms with Gasteiger partial charge in [0.25, 0.3) is 11.1 Å². The van der Waals surface area contributed by atoms with Gasteiger partial charge in [0.05, 0.1) is 21.5 Å². The minimum atomic E-state index is -4.17. The summed E-state index contributed by atoms with van der Waals surface area (Å²) in [5.74, 6) is -0.729. The van der Waals surface area contributed by atoms with Crippen LogP contribution < -0.4 is 4.18 Å². The van der Waals surface area contributed by atoms with E-state index in [0.717, 1.165) is 22.2 Å². The third-order valence-electron chi connectivity index (χ3n) is 4.98. The van der Waals surface area contributed by atoms with Crippen molar-refractivity contribution in [2.24, 2.45) is 0 Å². The molecule has 0 bridgehead atoms. The molecule has 0 aromatic heterocycles. The minimum Gasteiger partial charge on any atom is -0.376 e. The number of benzene rings is 3. The second-order valence-electron chi connectivity index (χ2n) is 7.52. The van der Waals surface area contributed by atoms with Crippen LogP contribution in [-0.2, 0) is 21.5 Å². The molecular weight excluding hydrogens is 553 g/mol. The molecule has 1 heterocycles. The lowest BCUT2D eigenvalue weighted by Gasteiger charge is -2.13. The predicted octanol–water partition coefficient (Wildman–Crippen LogP) is 6.96. The number of amides is 2. The summed E-state index contributed by atoms with van der Waals surface area (Å²) in [5.41, 5.74) is 1.92. The molecule has 1 aliphatic rings. The Morgan fingerprint density at radius 2 is 1.57 bits per heavy atom. The number of carbonyl (C=O) groups is 2. The van der Waals surface area contributed by atoms with Gasteiger partial charge in [0.1, 0.15) is 4.90 Å². The van der Waals surface area contributed by atoms with Crippen molar-refractivity contribution in [2.45, 2.75) is 18.4 Å². The molecule has 180 valence electrons. The van der Waals surface area contributed by atoms with E-state index in [1.54, 1.807) is 36.4 Å². The van der Waals surface area contributed by atoms with Gasteiger partial charge < -0.3 is 4.18 Å². The summed E-state index contributed by atoms with van der Waals surface area (Å²) in [4.78, 5) is 26.5. The van der Waals surface area contributed by atoms with E-state index in [1.807, 2.05) is 6.92 Å². The summed E-state index contributed by atoms with van der Waals surface area (Å²) in [6.07, 6.45) is 1.45. The normalized spacial score (nSPS) is 15.2. The molecule has 0 atom stereocenters. The number of rotatable bonds is 6. The number of hydrogen-bond acceptors (Lipinski definition) is 6. The highest BCUT2D eigenvalue weighted by Gasteiger charge is 2.35. The van der Waals surface area contributed by atoms with Gasteiger partial charge in [0.2, 0.25) is 0 Å². The van der Waals surface area contributed by atoms with Gasteiger partial charge >= 0.3 is 10.1 Å². The average Bonchev–Trinajstić information content (AvgIpc) is 3.05. The molecule has 0 radical (unpaired) electrons. The molecule has 1 aliphatic heterocycles. The van der Waals surface area contributed by atoms with Crippen molar-refractivity contribution in [3.8, 4) is 5.75 Å². The lowest BCUT2D eigenvalue weighted by atomic mass is 10.2. The zero-order valence-corrected chi connectivity index (χ0v) is 21.9. The van der Waals surface area contributed by atoms with E-state index in [-0.39, 0.29) is 32.1 Å². The zero-order chi connectivity index (χ0) is 25.3. The molecule has 0 aliphatic carbocycles. The highest BCUT2D eigenvalue weighted by Crippen LogP contribution is 2.39. The van der Waals surface area contributed by atoms with Crippen molar-refractivity contribution < 1.29 is 22.2 Å². The van der Waals surface area contributed by atoms with Crippen molar-refractivity contribution in [3.63, 3.8) is 0 Å². The molecule has 3 aromatic rings. The lowest BCUT2D eigenvalue weighted by molar-refractivity contribution is -0.123. The Labute approximate surface area is 221 Å². The first-order valence-electron chi connectivity index (χ1n) is 10.0. The predicted molar refractivity (Wildman–Crippen MR) is 138 cm³/mol. The number of thioether (sulfide) groups is 1. The van der Waals surface area contributed by atoms with Crippen molar-refractivity contribution in [2.75, 3.05) is 0 Å². The zero-order valence-electron chi connectivity index (χ0n) is 18.0. The Kier molecular flexibility index (Phi) is 7.49. The first-order valence-corrected chi connectivity index (χ1v) is 13.4. The topological polar surface area (TPSA) is 80.8 Å². The van der Waals surface area contributed by atoms with Gasteiger partial charge in [-0.2, -0.15) is 8.42 Å². The minimum absolute atomic E-state index is 0.0346. The molecule has 6 nitrogen and oxygen atoms in total. The Hall–Kier alpha value is -2.49. The monoisotopic (exact) mass is 567 g/mol. The van der Waals surface area contributed by atoms with Crippen molar-refractivity contribution in [3.05, 3.63) is 97.3 Å². The van der Waals surface area contributed by atoms with E-state index in [1.165, 1.54) is 30.3 Å². The Bertz CT molecular complexity index is 1450. The first-order chi connectivity index (χ1) is 16.5. The van der Waals surface area contributed by atoms with Crippen molar-refractivity contribution in [1.29, 1.82) is 0 Å². The van der Waals surface area contributed by atoms with Crippen LogP contribution in [0, 0.1) is 6.92 Å². The van der Waals surface area contributed by atoms with Crippen LogP contribution in [0.4, 0.5) is 4.79 Å². The summed E-state index contributed by atoms with van der Waals surface area (Å²) >= 11 is 19.5. The number of aryl methyl sites for hydroxylation is 1. The fourth-order valence-corrected chi connectivity index (χ4v) is 5.86. The van der Waals surface area contributed by atoms with Crippen LogP contribution in [0.2, 0.25) is 15.1 Å². The maximum Gasteiger partial charge on any atom is 0.339 e. The average molecular weight is 569 g/mol. The van der Waals surface area contributed by atoms with Crippen LogP contribution in [0.3, 0.4) is 0 Å². The molecule has 0 unspecified atom stereocenters. The van der Waals surface area contributed by atoms with E-state index in [0.29, 0.717) is 16.1 Å². The van der Waals surface area contributed by atoms with Crippen LogP contribution in [0.15, 0.2) is 70.5 Å². The fourth-order valence-electron chi connectivity index (χ4n) is 3.19. The third kappa shape index (κ3) is 5.68. The summed E-state index contributed by atoms with van der Waals surface area (Å²) in [6.45, 7) is 1.86. The number of carbonyl (C=O) groups excluding carboxylic acids is 2. The van der Waals surface area contributed by atoms with Crippen molar-refractivity contribution >= 4 is 73.9 Å². The maximum atomic E-state index is 12.8. The van der Waals surface area contributed by atoms with Crippen LogP contribution in [0.5, 0.6) is 5.75 Å². The molecule has 0 spiro atoms. The molecule has 3 aromatic carbocycles. The summed E-state index contributed by atoms with van der Waals surface area (Å²) in [7, 11) is -4.17. The molecule has 2 amide bonds. The number of nitrogens with zero attached hydrogens (tertiary/aromatic N) is 1. The molecular formula is C24H16Cl3NO5S2. The quantitative estimate of drug-likeness (QED) is 0.236. The van der Waals surface area contributed by atoms with Gasteiger partial charge in [-0.25, -0.2) is 0 Å². The van der Waals surface area contributed by atoms with Gasteiger partial charge in [-0.05, 0) is 66.2 Å². The van der Waals surface area contributed by atoms with Gasteiger partial charge in [0, 0.05) is 5.02 Å². The van der Waals surface area contributed by atoms with E-state index >= 15 is 0 Å².